The molecule has 0 saturated carbocycles. The molecule has 1 heterocycles. The molecule has 0 radical (unpaired) electrons. The maximum atomic E-state index is 12.9. The minimum atomic E-state index is -1.33. The molecule has 1 aromatic carbocycles. The van der Waals surface area contributed by atoms with E-state index in [-0.39, 0.29) is 37.2 Å². The van der Waals surface area contributed by atoms with Gasteiger partial charge in [-0.3, -0.25) is 19.3 Å². The summed E-state index contributed by atoms with van der Waals surface area (Å²) in [6.45, 7) is 10.9. The Kier molecular flexibility index (Phi) is 12.2. The third kappa shape index (κ3) is 10.2. The fraction of sp³-hybridized carbons (Fsp3) is 0.600. The fourth-order valence-electron chi connectivity index (χ4n) is 3.46. The molecule has 2 unspecified atom stereocenters. The molecule has 35 heavy (non-hydrogen) atoms. The SMILES string of the molecule is CCOC(=O)C(CC(=O)C1C(C)CCN1C(=O)OC(C)(C)C)C(=O)OCC.Fc1ccc(Cl)cc1. The average Bonchev–Trinajstić information content (AvgIpc) is 3.15. The molecule has 0 aromatic heterocycles. The highest BCUT2D eigenvalue weighted by atomic mass is 35.5. The summed E-state index contributed by atoms with van der Waals surface area (Å²) in [5.74, 6) is -3.65. The molecule has 1 aliphatic rings. The highest BCUT2D eigenvalue weighted by Gasteiger charge is 2.43. The first-order valence-electron chi connectivity index (χ1n) is 11.6. The quantitative estimate of drug-likeness (QED) is 0.292. The van der Waals surface area contributed by atoms with E-state index < -0.39 is 35.6 Å². The molecule has 1 aromatic rings. The van der Waals surface area contributed by atoms with E-state index in [9.17, 15) is 23.6 Å². The summed E-state index contributed by atoms with van der Waals surface area (Å²) in [5, 5.41) is 0.561. The first-order chi connectivity index (χ1) is 16.3. The van der Waals surface area contributed by atoms with Gasteiger partial charge in [-0.2, -0.15) is 0 Å². The second-order valence-corrected chi connectivity index (χ2v) is 9.48. The van der Waals surface area contributed by atoms with E-state index in [1.807, 2.05) is 6.92 Å². The van der Waals surface area contributed by atoms with Crippen LogP contribution in [0.25, 0.3) is 0 Å². The molecule has 0 bridgehead atoms. The van der Waals surface area contributed by atoms with Crippen molar-refractivity contribution in [2.24, 2.45) is 11.8 Å². The Hall–Kier alpha value is -2.68. The van der Waals surface area contributed by atoms with Crippen LogP contribution in [0.2, 0.25) is 5.02 Å². The number of carbonyl (C=O) groups is 4. The van der Waals surface area contributed by atoms with Gasteiger partial charge >= 0.3 is 18.0 Å². The molecular weight excluding hydrogens is 481 g/mol. The molecule has 8 nitrogen and oxygen atoms in total. The summed E-state index contributed by atoms with van der Waals surface area (Å²) < 4.78 is 27.2. The summed E-state index contributed by atoms with van der Waals surface area (Å²) in [4.78, 5) is 51.0. The van der Waals surface area contributed by atoms with Gasteiger partial charge in [0.2, 0.25) is 0 Å². The van der Waals surface area contributed by atoms with Gasteiger partial charge in [0.1, 0.15) is 11.4 Å². The Labute approximate surface area is 211 Å². The summed E-state index contributed by atoms with van der Waals surface area (Å²) >= 11 is 5.44. The normalized spacial score (nSPS) is 17.3. The van der Waals surface area contributed by atoms with Gasteiger partial charge in [-0.05, 0) is 71.2 Å². The average molecular weight is 516 g/mol. The topological polar surface area (TPSA) is 99.2 Å². The van der Waals surface area contributed by atoms with E-state index in [0.29, 0.717) is 18.0 Å². The van der Waals surface area contributed by atoms with Crippen LogP contribution in [0.4, 0.5) is 9.18 Å². The van der Waals surface area contributed by atoms with Crippen molar-refractivity contribution in [2.75, 3.05) is 19.8 Å². The van der Waals surface area contributed by atoms with Crippen LogP contribution in [0.3, 0.4) is 0 Å². The number of ketones is 1. The van der Waals surface area contributed by atoms with Crippen LogP contribution in [-0.4, -0.2) is 60.1 Å². The van der Waals surface area contributed by atoms with E-state index in [2.05, 4.69) is 0 Å². The van der Waals surface area contributed by atoms with Crippen molar-refractivity contribution in [3.63, 3.8) is 0 Å². The zero-order chi connectivity index (χ0) is 26.8. The lowest BCUT2D eigenvalue weighted by molar-refractivity contribution is -0.163. The Balaban J connectivity index is 0.000000642. The second-order valence-electron chi connectivity index (χ2n) is 9.05. The summed E-state index contributed by atoms with van der Waals surface area (Å²) in [6, 6.07) is 4.92. The lowest BCUT2D eigenvalue weighted by Gasteiger charge is -2.29. The first-order valence-corrected chi connectivity index (χ1v) is 11.9. The molecule has 1 aliphatic heterocycles. The number of halogens is 2. The number of carbonyl (C=O) groups excluding carboxylic acids is 4. The van der Waals surface area contributed by atoms with Gasteiger partial charge in [-0.1, -0.05) is 18.5 Å². The summed E-state index contributed by atoms with van der Waals surface area (Å²) in [5.41, 5.74) is -0.686. The van der Waals surface area contributed by atoms with Gasteiger partial charge in [0.25, 0.3) is 0 Å². The Bertz CT molecular complexity index is 831. The first kappa shape index (κ1) is 30.4. The fourth-order valence-corrected chi connectivity index (χ4v) is 3.59. The number of hydrogen-bond donors (Lipinski definition) is 0. The number of Topliss-reactive ketones (excluding diaryl/α,β-unsaturated/α-hetero) is 1. The highest BCUT2D eigenvalue weighted by Crippen LogP contribution is 2.28. The van der Waals surface area contributed by atoms with Crippen molar-refractivity contribution < 1.29 is 37.8 Å². The molecule has 0 aliphatic carbocycles. The number of nitrogens with zero attached hydrogens (tertiary/aromatic N) is 1. The number of ether oxygens (including phenoxy) is 3. The van der Waals surface area contributed by atoms with Crippen LogP contribution in [0.5, 0.6) is 0 Å². The molecule has 196 valence electrons. The Morgan fingerprint density at radius 1 is 1.06 bits per heavy atom. The maximum Gasteiger partial charge on any atom is 0.410 e. The predicted octanol–water partition coefficient (Wildman–Crippen LogP) is 4.81. The zero-order valence-electron chi connectivity index (χ0n) is 21.1. The van der Waals surface area contributed by atoms with Gasteiger partial charge in [-0.15, -0.1) is 0 Å². The van der Waals surface area contributed by atoms with E-state index in [4.69, 9.17) is 25.8 Å². The molecule has 2 rings (SSSR count). The zero-order valence-corrected chi connectivity index (χ0v) is 21.9. The van der Waals surface area contributed by atoms with E-state index in [0.717, 1.165) is 0 Å². The highest BCUT2D eigenvalue weighted by molar-refractivity contribution is 6.30. The van der Waals surface area contributed by atoms with Crippen molar-refractivity contribution >= 4 is 35.4 Å². The molecule has 1 fully saturated rings. The smallest absolute Gasteiger partial charge is 0.410 e. The molecule has 1 amide bonds. The second kappa shape index (κ2) is 14.0. The van der Waals surface area contributed by atoms with Gasteiger partial charge < -0.3 is 14.2 Å². The lowest BCUT2D eigenvalue weighted by atomic mass is 9.92. The number of benzene rings is 1. The predicted molar refractivity (Wildman–Crippen MR) is 128 cm³/mol. The van der Waals surface area contributed by atoms with E-state index in [1.54, 1.807) is 34.6 Å². The van der Waals surface area contributed by atoms with Crippen molar-refractivity contribution in [2.45, 2.75) is 66.0 Å². The van der Waals surface area contributed by atoms with Crippen LogP contribution in [0.15, 0.2) is 24.3 Å². The number of esters is 2. The number of rotatable bonds is 7. The largest absolute Gasteiger partial charge is 0.465 e. The summed E-state index contributed by atoms with van der Waals surface area (Å²) in [7, 11) is 0. The molecular formula is C25H35ClFNO7. The lowest BCUT2D eigenvalue weighted by Crippen LogP contribution is -2.46. The van der Waals surface area contributed by atoms with Crippen molar-refractivity contribution in [3.8, 4) is 0 Å². The maximum absolute atomic E-state index is 12.9. The molecule has 10 heteroatoms. The Morgan fingerprint density at radius 3 is 2.00 bits per heavy atom. The number of likely N-dealkylation sites (tertiary alicyclic amines) is 1. The van der Waals surface area contributed by atoms with Gasteiger partial charge in [-0.25, -0.2) is 9.18 Å². The van der Waals surface area contributed by atoms with E-state index >= 15 is 0 Å². The molecule has 2 atom stereocenters. The number of amides is 1. The third-order valence-corrected chi connectivity index (χ3v) is 5.26. The van der Waals surface area contributed by atoms with Crippen molar-refractivity contribution in [1.82, 2.24) is 4.90 Å². The minimum Gasteiger partial charge on any atom is -0.465 e. The third-order valence-electron chi connectivity index (χ3n) is 5.01. The minimum absolute atomic E-state index is 0.0901. The monoisotopic (exact) mass is 515 g/mol. The van der Waals surface area contributed by atoms with Crippen molar-refractivity contribution in [3.05, 3.63) is 35.1 Å². The van der Waals surface area contributed by atoms with Crippen LogP contribution >= 0.6 is 11.6 Å². The van der Waals surface area contributed by atoms with Gasteiger partial charge in [0.05, 0.1) is 19.3 Å². The van der Waals surface area contributed by atoms with E-state index in [1.165, 1.54) is 29.2 Å². The van der Waals surface area contributed by atoms with Gasteiger partial charge in [0.15, 0.2) is 11.7 Å². The van der Waals surface area contributed by atoms with Crippen LogP contribution in [-0.2, 0) is 28.6 Å². The molecule has 0 spiro atoms. The van der Waals surface area contributed by atoms with Crippen molar-refractivity contribution in [1.29, 1.82) is 0 Å². The summed E-state index contributed by atoms with van der Waals surface area (Å²) in [6.07, 6.45) is -0.306. The standard InChI is InChI=1S/C19H31NO7.C6H4ClF/c1-7-25-16(22)13(17(23)26-8-2)11-14(21)15-12(3)9-10-20(15)18(24)27-19(4,5)6;7-5-1-3-6(8)4-2-5/h12-13,15H,7-11H2,1-6H3;1-4H. The van der Waals surface area contributed by atoms with Crippen LogP contribution in [0, 0.1) is 17.7 Å². The van der Waals surface area contributed by atoms with Gasteiger partial charge in [0, 0.05) is 18.0 Å². The van der Waals surface area contributed by atoms with Crippen LogP contribution < -0.4 is 0 Å². The molecule has 1 saturated heterocycles. The Morgan fingerprint density at radius 2 is 1.57 bits per heavy atom. The number of hydrogen-bond acceptors (Lipinski definition) is 7. The van der Waals surface area contributed by atoms with Crippen LogP contribution in [0.1, 0.15) is 54.4 Å². The molecule has 0 N–H and O–H groups in total.